The first-order valence-electron chi connectivity index (χ1n) is 7.41. The van der Waals surface area contributed by atoms with Crippen molar-refractivity contribution in [3.05, 3.63) is 51.8 Å². The normalized spacial score (nSPS) is 10.8. The van der Waals surface area contributed by atoms with Crippen molar-refractivity contribution in [3.63, 3.8) is 0 Å². The molecular weight excluding hydrogens is 365 g/mol. The number of pyridine rings is 1. The Bertz CT molecular complexity index is 941. The number of carboxylic acids is 1. The largest absolute Gasteiger partial charge is 0.481 e. The summed E-state index contributed by atoms with van der Waals surface area (Å²) in [6.45, 7) is 1.91. The Labute approximate surface area is 153 Å². The molecule has 1 N–H and O–H groups in total. The number of nitrogens with zero attached hydrogens (tertiary/aromatic N) is 3. The maximum absolute atomic E-state index is 10.7. The van der Waals surface area contributed by atoms with Crippen molar-refractivity contribution < 1.29 is 14.4 Å². The maximum atomic E-state index is 10.7. The van der Waals surface area contributed by atoms with Crippen molar-refractivity contribution in [2.45, 2.75) is 19.8 Å². The molecule has 1 aromatic carbocycles. The molecule has 0 spiro atoms. The highest BCUT2D eigenvalue weighted by Gasteiger charge is 2.14. The summed E-state index contributed by atoms with van der Waals surface area (Å²) in [5, 5.41) is 13.3. The smallest absolute Gasteiger partial charge is 0.303 e. The molecule has 8 heteroatoms. The average molecular weight is 378 g/mol. The van der Waals surface area contributed by atoms with Crippen molar-refractivity contribution in [2.24, 2.45) is 0 Å². The van der Waals surface area contributed by atoms with E-state index in [-0.39, 0.29) is 17.5 Å². The minimum atomic E-state index is -0.820. The highest BCUT2D eigenvalue weighted by molar-refractivity contribution is 6.41. The molecule has 3 aromatic rings. The van der Waals surface area contributed by atoms with E-state index >= 15 is 0 Å². The third-order valence-corrected chi connectivity index (χ3v) is 4.31. The van der Waals surface area contributed by atoms with Crippen LogP contribution in [0, 0.1) is 6.92 Å². The Morgan fingerprint density at radius 1 is 1.28 bits per heavy atom. The van der Waals surface area contributed by atoms with E-state index in [1.54, 1.807) is 6.07 Å². The Morgan fingerprint density at radius 2 is 2.08 bits per heavy atom. The highest BCUT2D eigenvalue weighted by Crippen LogP contribution is 2.28. The van der Waals surface area contributed by atoms with Gasteiger partial charge in [0.1, 0.15) is 5.15 Å². The van der Waals surface area contributed by atoms with Crippen LogP contribution in [-0.2, 0) is 11.2 Å². The third-order valence-electron chi connectivity index (χ3n) is 3.63. The van der Waals surface area contributed by atoms with E-state index in [2.05, 4.69) is 15.1 Å². The first kappa shape index (κ1) is 17.4. The summed E-state index contributed by atoms with van der Waals surface area (Å²) >= 11 is 11.8. The predicted octanol–water partition coefficient (Wildman–Crippen LogP) is 4.43. The first-order chi connectivity index (χ1) is 11.9. The number of hydrogen-bond acceptors (Lipinski definition) is 5. The van der Waals surface area contributed by atoms with Crippen LogP contribution in [0.1, 0.15) is 17.5 Å². The lowest BCUT2D eigenvalue weighted by atomic mass is 10.0. The summed E-state index contributed by atoms with van der Waals surface area (Å²) in [5.74, 6) is -0.0986. The number of halogens is 2. The number of aliphatic carboxylic acids is 1. The van der Waals surface area contributed by atoms with Crippen LogP contribution >= 0.6 is 23.2 Å². The second-order valence-corrected chi connectivity index (χ2v) is 6.23. The van der Waals surface area contributed by atoms with E-state index in [0.29, 0.717) is 22.8 Å². The van der Waals surface area contributed by atoms with Gasteiger partial charge in [0, 0.05) is 18.2 Å². The second kappa shape index (κ2) is 7.21. The Morgan fingerprint density at radius 3 is 2.76 bits per heavy atom. The summed E-state index contributed by atoms with van der Waals surface area (Å²) in [5.41, 5.74) is 3.26. The standard InChI is InChI=1S/C17H13Cl2N3O3/c1-9-6-10(3-5-14(23)24)2-4-12(9)16-21-17(25-22-16)11-7-13(18)15(19)20-8-11/h2,4,6-8H,3,5H2,1H3,(H,23,24). The number of aryl methyl sites for hydroxylation is 2. The molecule has 0 aliphatic carbocycles. The molecule has 0 unspecified atom stereocenters. The molecule has 0 aliphatic heterocycles. The molecule has 0 bridgehead atoms. The van der Waals surface area contributed by atoms with Crippen LogP contribution in [0.15, 0.2) is 35.0 Å². The van der Waals surface area contributed by atoms with E-state index < -0.39 is 5.97 Å². The maximum Gasteiger partial charge on any atom is 0.303 e. The molecule has 0 amide bonds. The van der Waals surface area contributed by atoms with Crippen LogP contribution in [-0.4, -0.2) is 26.2 Å². The number of benzene rings is 1. The van der Waals surface area contributed by atoms with E-state index in [4.69, 9.17) is 32.8 Å². The minimum absolute atomic E-state index is 0.0927. The van der Waals surface area contributed by atoms with Gasteiger partial charge in [0.05, 0.1) is 10.6 Å². The first-order valence-corrected chi connectivity index (χ1v) is 8.16. The van der Waals surface area contributed by atoms with E-state index in [1.807, 2.05) is 25.1 Å². The van der Waals surface area contributed by atoms with Crippen LogP contribution in [0.2, 0.25) is 10.2 Å². The molecule has 0 radical (unpaired) electrons. The molecule has 0 saturated heterocycles. The average Bonchev–Trinajstić information content (AvgIpc) is 3.05. The Hall–Kier alpha value is -2.44. The van der Waals surface area contributed by atoms with Gasteiger partial charge >= 0.3 is 5.97 Å². The van der Waals surface area contributed by atoms with E-state index in [0.717, 1.165) is 16.7 Å². The van der Waals surface area contributed by atoms with E-state index in [9.17, 15) is 4.79 Å². The lowest BCUT2D eigenvalue weighted by molar-refractivity contribution is -0.136. The van der Waals surface area contributed by atoms with Crippen LogP contribution < -0.4 is 0 Å². The topological polar surface area (TPSA) is 89.1 Å². The lowest BCUT2D eigenvalue weighted by Gasteiger charge is -2.04. The molecular formula is C17H13Cl2N3O3. The monoisotopic (exact) mass is 377 g/mol. The summed E-state index contributed by atoms with van der Waals surface area (Å²) in [4.78, 5) is 19.0. The minimum Gasteiger partial charge on any atom is -0.481 e. The van der Waals surface area contributed by atoms with Crippen LogP contribution in [0.5, 0.6) is 0 Å². The summed E-state index contributed by atoms with van der Waals surface area (Å²) in [6.07, 6.45) is 2.08. The molecule has 3 rings (SSSR count). The lowest BCUT2D eigenvalue weighted by Crippen LogP contribution is -1.98. The zero-order valence-corrected chi connectivity index (χ0v) is 14.7. The SMILES string of the molecule is Cc1cc(CCC(=O)O)ccc1-c1noc(-c2cnc(Cl)c(Cl)c2)n1. The Balaban J connectivity index is 1.86. The van der Waals surface area contributed by atoms with Gasteiger partial charge in [-0.3, -0.25) is 4.79 Å². The fourth-order valence-corrected chi connectivity index (χ4v) is 2.64. The van der Waals surface area contributed by atoms with Crippen molar-refractivity contribution in [1.29, 1.82) is 0 Å². The van der Waals surface area contributed by atoms with Gasteiger partial charge in [-0.05, 0) is 30.5 Å². The fraction of sp³-hybridized carbons (Fsp3) is 0.176. The molecule has 0 atom stereocenters. The van der Waals surface area contributed by atoms with Gasteiger partial charge in [-0.25, -0.2) is 4.98 Å². The molecule has 0 fully saturated rings. The van der Waals surface area contributed by atoms with Crippen LogP contribution in [0.25, 0.3) is 22.8 Å². The van der Waals surface area contributed by atoms with E-state index in [1.165, 1.54) is 6.20 Å². The zero-order valence-electron chi connectivity index (χ0n) is 13.2. The Kier molecular flexibility index (Phi) is 5.01. The van der Waals surface area contributed by atoms with Crippen molar-refractivity contribution in [1.82, 2.24) is 15.1 Å². The van der Waals surface area contributed by atoms with Gasteiger partial charge in [-0.1, -0.05) is 46.6 Å². The van der Waals surface area contributed by atoms with Crippen LogP contribution in [0.3, 0.4) is 0 Å². The summed E-state index contributed by atoms with van der Waals surface area (Å²) in [6, 6.07) is 7.25. The molecule has 128 valence electrons. The van der Waals surface area contributed by atoms with Gasteiger partial charge in [-0.15, -0.1) is 0 Å². The van der Waals surface area contributed by atoms with Crippen LogP contribution in [0.4, 0.5) is 0 Å². The molecule has 6 nitrogen and oxygen atoms in total. The number of hydrogen-bond donors (Lipinski definition) is 1. The van der Waals surface area contributed by atoms with Gasteiger partial charge in [-0.2, -0.15) is 4.98 Å². The van der Waals surface area contributed by atoms with Crippen molar-refractivity contribution in [3.8, 4) is 22.8 Å². The number of rotatable bonds is 5. The number of aromatic nitrogens is 3. The molecule has 0 aliphatic rings. The second-order valence-electron chi connectivity index (χ2n) is 5.46. The van der Waals surface area contributed by atoms with Crippen molar-refractivity contribution in [2.75, 3.05) is 0 Å². The quantitative estimate of drug-likeness (QED) is 0.661. The number of carbonyl (C=O) groups is 1. The molecule has 2 heterocycles. The van der Waals surface area contributed by atoms with Gasteiger partial charge in [0.25, 0.3) is 5.89 Å². The predicted molar refractivity (Wildman–Crippen MR) is 93.7 cm³/mol. The van der Waals surface area contributed by atoms with Gasteiger partial charge < -0.3 is 9.63 Å². The molecule has 25 heavy (non-hydrogen) atoms. The third kappa shape index (κ3) is 3.97. The van der Waals surface area contributed by atoms with Crippen molar-refractivity contribution >= 4 is 29.2 Å². The highest BCUT2D eigenvalue weighted by atomic mass is 35.5. The number of carboxylic acid groups (broad SMARTS) is 1. The summed E-state index contributed by atoms with van der Waals surface area (Å²) in [7, 11) is 0. The fourth-order valence-electron chi connectivity index (χ4n) is 2.37. The molecule has 0 saturated carbocycles. The summed E-state index contributed by atoms with van der Waals surface area (Å²) < 4.78 is 5.28. The molecule has 2 aromatic heterocycles. The van der Waals surface area contributed by atoms with Gasteiger partial charge in [0.15, 0.2) is 0 Å². The van der Waals surface area contributed by atoms with Gasteiger partial charge in [0.2, 0.25) is 5.82 Å². The zero-order chi connectivity index (χ0) is 18.0.